The molecule has 4 heterocycles. The van der Waals surface area contributed by atoms with Gasteiger partial charge in [-0.15, -0.1) is 0 Å². The smallest absolute Gasteiger partial charge is 0.256 e. The first kappa shape index (κ1) is 18.7. The van der Waals surface area contributed by atoms with Crippen LogP contribution in [0.3, 0.4) is 0 Å². The van der Waals surface area contributed by atoms with Gasteiger partial charge in [-0.25, -0.2) is 14.1 Å². The van der Waals surface area contributed by atoms with E-state index < -0.39 is 11.4 Å². The van der Waals surface area contributed by atoms with Gasteiger partial charge >= 0.3 is 0 Å². The maximum Gasteiger partial charge on any atom is 0.256 e. The van der Waals surface area contributed by atoms with Crippen LogP contribution in [0.4, 0.5) is 4.39 Å². The highest BCUT2D eigenvalue weighted by Crippen LogP contribution is 2.37. The molecule has 2 aromatic rings. The number of hydrogen-bond donors (Lipinski definition) is 1. The van der Waals surface area contributed by atoms with E-state index in [-0.39, 0.29) is 17.9 Å². The molecule has 148 valence electrons. The van der Waals surface area contributed by atoms with Crippen molar-refractivity contribution in [3.63, 3.8) is 0 Å². The fourth-order valence-corrected chi connectivity index (χ4v) is 3.95. The van der Waals surface area contributed by atoms with Gasteiger partial charge in [-0.3, -0.25) is 14.7 Å². The molecule has 0 bridgehead atoms. The quantitative estimate of drug-likeness (QED) is 0.879. The zero-order valence-corrected chi connectivity index (χ0v) is 16.4. The number of aliphatic imine (C=N–C) groups is 1. The van der Waals surface area contributed by atoms with Crippen molar-refractivity contribution in [2.75, 3.05) is 13.1 Å². The van der Waals surface area contributed by atoms with Crippen molar-refractivity contribution in [1.82, 2.24) is 25.0 Å². The molecule has 1 N–H and O–H groups in total. The van der Waals surface area contributed by atoms with Crippen molar-refractivity contribution in [1.29, 1.82) is 0 Å². The third-order valence-corrected chi connectivity index (χ3v) is 5.57. The van der Waals surface area contributed by atoms with E-state index in [2.05, 4.69) is 29.2 Å². The summed E-state index contributed by atoms with van der Waals surface area (Å²) >= 11 is 0. The third-order valence-electron chi connectivity index (χ3n) is 5.57. The number of carbonyl (C=O) groups excluding carboxylic acids is 1. The first-order valence-electron chi connectivity index (χ1n) is 9.72. The normalized spacial score (nSPS) is 20.1. The lowest BCUT2D eigenvalue weighted by molar-refractivity contribution is -0.133. The summed E-state index contributed by atoms with van der Waals surface area (Å²) in [6.45, 7) is 7.75. The molecule has 4 rings (SSSR count). The van der Waals surface area contributed by atoms with E-state index in [9.17, 15) is 9.18 Å². The predicted octanol–water partition coefficient (Wildman–Crippen LogP) is 2.49. The number of nitrogens with zero attached hydrogens (tertiary/aromatic N) is 5. The average Bonchev–Trinajstić information content (AvgIpc) is 3.25. The Morgan fingerprint density at radius 1 is 1.18 bits per heavy atom. The average molecular weight is 384 g/mol. The number of amidine groups is 1. The van der Waals surface area contributed by atoms with Crippen LogP contribution in [0, 0.1) is 11.7 Å². The summed E-state index contributed by atoms with van der Waals surface area (Å²) in [6.07, 6.45) is 5.60. The van der Waals surface area contributed by atoms with Gasteiger partial charge in [-0.2, -0.15) is 5.10 Å². The van der Waals surface area contributed by atoms with E-state index in [1.54, 1.807) is 12.3 Å². The van der Waals surface area contributed by atoms with Crippen molar-refractivity contribution >= 4 is 11.7 Å². The number of rotatable bonds is 4. The molecule has 7 nitrogen and oxygen atoms in total. The molecule has 2 aliphatic heterocycles. The summed E-state index contributed by atoms with van der Waals surface area (Å²) in [5.74, 6) is 1.20. The Hall–Kier alpha value is -2.61. The number of amides is 1. The van der Waals surface area contributed by atoms with E-state index in [4.69, 9.17) is 4.99 Å². The van der Waals surface area contributed by atoms with Crippen LogP contribution in [-0.2, 0) is 4.79 Å². The van der Waals surface area contributed by atoms with Gasteiger partial charge in [0.05, 0.1) is 18.4 Å². The first-order chi connectivity index (χ1) is 13.4. The molecule has 2 aromatic heterocycles. The zero-order valence-electron chi connectivity index (χ0n) is 16.4. The van der Waals surface area contributed by atoms with Gasteiger partial charge in [0.15, 0.2) is 11.6 Å². The minimum absolute atomic E-state index is 0.0865. The van der Waals surface area contributed by atoms with Crippen LogP contribution in [0.25, 0.3) is 5.82 Å². The molecule has 28 heavy (non-hydrogen) atoms. The van der Waals surface area contributed by atoms with E-state index in [1.165, 1.54) is 10.9 Å². The molecular formula is C20H25FN6O. The van der Waals surface area contributed by atoms with Crippen molar-refractivity contribution < 1.29 is 9.18 Å². The summed E-state index contributed by atoms with van der Waals surface area (Å²) in [5, 5.41) is 7.25. The standard InChI is InChI=1S/C20H25FN6O/c1-13(2)18-25-20(6-8-22-9-7-20)19(28)27(18)14(3)15-4-5-17(23-10-15)26-12-16(21)11-24-26/h4-5,10-14,22H,6-9H2,1-3H3/t14-/m0/s1. The van der Waals surface area contributed by atoms with E-state index >= 15 is 0 Å². The fourth-order valence-electron chi connectivity index (χ4n) is 3.95. The molecule has 0 saturated carbocycles. The summed E-state index contributed by atoms with van der Waals surface area (Å²) in [5.41, 5.74) is 0.281. The lowest BCUT2D eigenvalue weighted by Crippen LogP contribution is -2.49. The van der Waals surface area contributed by atoms with E-state index in [1.807, 2.05) is 17.9 Å². The molecule has 1 amide bonds. The zero-order chi connectivity index (χ0) is 19.9. The van der Waals surface area contributed by atoms with Crippen molar-refractivity contribution in [3.8, 4) is 5.82 Å². The SMILES string of the molecule is CC(C)C1=NC2(CCNCC2)C(=O)N1[C@@H](C)c1ccc(-n2cc(F)cn2)nc1. The highest BCUT2D eigenvalue weighted by Gasteiger charge is 2.50. The third kappa shape index (κ3) is 3.11. The minimum atomic E-state index is -0.626. The van der Waals surface area contributed by atoms with Crippen LogP contribution < -0.4 is 5.32 Å². The number of aromatic nitrogens is 3. The minimum Gasteiger partial charge on any atom is -0.317 e. The van der Waals surface area contributed by atoms with Gasteiger partial charge in [0.2, 0.25) is 0 Å². The summed E-state index contributed by atoms with van der Waals surface area (Å²) in [6, 6.07) is 3.51. The fraction of sp³-hybridized carbons (Fsp3) is 0.500. The summed E-state index contributed by atoms with van der Waals surface area (Å²) in [4.78, 5) is 24.6. The van der Waals surface area contributed by atoms with Gasteiger partial charge in [-0.1, -0.05) is 19.9 Å². The molecular weight excluding hydrogens is 359 g/mol. The van der Waals surface area contributed by atoms with Gasteiger partial charge in [0.1, 0.15) is 11.4 Å². The molecule has 0 aromatic carbocycles. The molecule has 1 spiro atoms. The van der Waals surface area contributed by atoms with Gasteiger partial charge in [-0.05, 0) is 44.5 Å². The highest BCUT2D eigenvalue weighted by molar-refractivity contribution is 6.09. The molecule has 0 radical (unpaired) electrons. The number of hydrogen-bond acceptors (Lipinski definition) is 5. The molecule has 1 saturated heterocycles. The number of carbonyl (C=O) groups is 1. The Labute approximate surface area is 163 Å². The highest BCUT2D eigenvalue weighted by atomic mass is 19.1. The van der Waals surface area contributed by atoms with Crippen LogP contribution in [0.5, 0.6) is 0 Å². The molecule has 0 aliphatic carbocycles. The Kier molecular flexibility index (Phi) is 4.74. The lowest BCUT2D eigenvalue weighted by atomic mass is 9.88. The number of nitrogens with one attached hydrogen (secondary N) is 1. The second-order valence-electron chi connectivity index (χ2n) is 7.81. The Morgan fingerprint density at radius 2 is 1.93 bits per heavy atom. The maximum absolute atomic E-state index is 13.4. The number of halogens is 1. The van der Waals surface area contributed by atoms with E-state index in [0.717, 1.165) is 43.5 Å². The Balaban J connectivity index is 1.62. The molecule has 2 aliphatic rings. The van der Waals surface area contributed by atoms with Crippen LogP contribution in [0.15, 0.2) is 35.7 Å². The predicted molar refractivity (Wildman–Crippen MR) is 104 cm³/mol. The lowest BCUT2D eigenvalue weighted by Gasteiger charge is -2.33. The topological polar surface area (TPSA) is 75.4 Å². The van der Waals surface area contributed by atoms with E-state index in [0.29, 0.717) is 5.82 Å². The first-order valence-corrected chi connectivity index (χ1v) is 9.72. The summed E-state index contributed by atoms with van der Waals surface area (Å²) in [7, 11) is 0. The van der Waals surface area contributed by atoms with Gasteiger partial charge in [0.25, 0.3) is 5.91 Å². The van der Waals surface area contributed by atoms with Crippen LogP contribution >= 0.6 is 0 Å². The largest absolute Gasteiger partial charge is 0.317 e. The van der Waals surface area contributed by atoms with Gasteiger partial charge < -0.3 is 5.32 Å². The van der Waals surface area contributed by atoms with Crippen molar-refractivity contribution in [2.45, 2.75) is 45.2 Å². The maximum atomic E-state index is 13.4. The summed E-state index contributed by atoms with van der Waals surface area (Å²) < 4.78 is 14.6. The van der Waals surface area contributed by atoms with Gasteiger partial charge in [0, 0.05) is 12.1 Å². The monoisotopic (exact) mass is 384 g/mol. The van der Waals surface area contributed by atoms with Crippen molar-refractivity contribution in [3.05, 3.63) is 42.1 Å². The molecule has 8 heteroatoms. The number of piperidine rings is 1. The molecule has 1 atom stereocenters. The van der Waals surface area contributed by atoms with Crippen LogP contribution in [-0.4, -0.2) is 50.0 Å². The Morgan fingerprint density at radius 3 is 2.50 bits per heavy atom. The Bertz CT molecular complexity index is 898. The molecule has 1 fully saturated rings. The van der Waals surface area contributed by atoms with Crippen LogP contribution in [0.1, 0.15) is 45.2 Å². The molecule has 0 unspecified atom stereocenters. The van der Waals surface area contributed by atoms with Crippen molar-refractivity contribution in [2.24, 2.45) is 10.9 Å². The van der Waals surface area contributed by atoms with Crippen LogP contribution in [0.2, 0.25) is 0 Å². The second kappa shape index (κ2) is 7.09. The second-order valence-corrected chi connectivity index (χ2v) is 7.81. The number of pyridine rings is 1.